The molecule has 1 rings (SSSR count). The van der Waals surface area contributed by atoms with Gasteiger partial charge >= 0.3 is 6.18 Å². The topological polar surface area (TPSA) is 15.3 Å². The van der Waals surface area contributed by atoms with E-state index in [9.17, 15) is 13.2 Å². The second-order valence-electron chi connectivity index (χ2n) is 4.61. The minimum absolute atomic E-state index is 0.137. The van der Waals surface area contributed by atoms with E-state index in [1.165, 1.54) is 0 Å². The first kappa shape index (κ1) is 13.8. The zero-order valence-electron chi connectivity index (χ0n) is 9.98. The number of nitrogens with one attached hydrogen (secondary N) is 1. The number of nitrogens with zero attached hydrogens (tertiary/aromatic N) is 1. The van der Waals surface area contributed by atoms with E-state index in [2.05, 4.69) is 19.2 Å². The molecule has 0 aromatic rings. The van der Waals surface area contributed by atoms with Gasteiger partial charge in [0.2, 0.25) is 0 Å². The van der Waals surface area contributed by atoms with Crippen molar-refractivity contribution in [2.45, 2.75) is 38.9 Å². The van der Waals surface area contributed by atoms with Gasteiger partial charge in [-0.25, -0.2) is 0 Å². The van der Waals surface area contributed by atoms with E-state index in [0.717, 1.165) is 26.1 Å². The molecule has 0 aliphatic carbocycles. The van der Waals surface area contributed by atoms with E-state index in [-0.39, 0.29) is 6.54 Å². The Morgan fingerprint density at radius 1 is 1.44 bits per heavy atom. The molecule has 0 spiro atoms. The van der Waals surface area contributed by atoms with Gasteiger partial charge in [-0.05, 0) is 5.92 Å². The Kier molecular flexibility index (Phi) is 5.05. The molecule has 1 heterocycles. The highest BCUT2D eigenvalue weighted by Gasteiger charge is 2.30. The third-order valence-electron chi connectivity index (χ3n) is 3.33. The van der Waals surface area contributed by atoms with Crippen LogP contribution in [0.4, 0.5) is 13.2 Å². The number of rotatable bonds is 4. The maximum Gasteiger partial charge on any atom is 0.390 e. The number of piperazine rings is 1. The standard InChI is InChI=1S/C11H21F3N2/c1-3-9(2)10-8-16(7-5-15-10)6-4-11(12,13)14/h9-10,15H,3-8H2,1-2H3. The van der Waals surface area contributed by atoms with Crippen LogP contribution < -0.4 is 5.32 Å². The predicted molar refractivity (Wildman–Crippen MR) is 58.4 cm³/mol. The smallest absolute Gasteiger partial charge is 0.311 e. The summed E-state index contributed by atoms with van der Waals surface area (Å²) in [5.74, 6) is 0.522. The Balaban J connectivity index is 2.33. The number of hydrogen-bond acceptors (Lipinski definition) is 2. The summed E-state index contributed by atoms with van der Waals surface area (Å²) in [6.07, 6.45) is -3.66. The van der Waals surface area contributed by atoms with Crippen LogP contribution in [-0.2, 0) is 0 Å². The van der Waals surface area contributed by atoms with Gasteiger partial charge in [0, 0.05) is 32.2 Å². The summed E-state index contributed by atoms with van der Waals surface area (Å²) in [5, 5.41) is 3.37. The van der Waals surface area contributed by atoms with Crippen LogP contribution in [0.15, 0.2) is 0 Å². The lowest BCUT2D eigenvalue weighted by Gasteiger charge is -2.36. The molecular formula is C11H21F3N2. The second-order valence-corrected chi connectivity index (χ2v) is 4.61. The Bertz CT molecular complexity index is 206. The van der Waals surface area contributed by atoms with Crippen molar-refractivity contribution in [1.29, 1.82) is 0 Å². The predicted octanol–water partition coefficient (Wildman–Crippen LogP) is 2.26. The fraction of sp³-hybridized carbons (Fsp3) is 1.00. The van der Waals surface area contributed by atoms with Crippen LogP contribution in [-0.4, -0.2) is 43.3 Å². The molecule has 1 aliphatic rings. The molecule has 0 saturated carbocycles. The van der Waals surface area contributed by atoms with Gasteiger partial charge in [-0.3, -0.25) is 0 Å². The minimum atomic E-state index is -4.03. The fourth-order valence-electron chi connectivity index (χ4n) is 2.00. The summed E-state index contributed by atoms with van der Waals surface area (Å²) in [5.41, 5.74) is 0. The van der Waals surface area contributed by atoms with Crippen molar-refractivity contribution in [2.24, 2.45) is 5.92 Å². The Hall–Kier alpha value is -0.290. The molecule has 1 aliphatic heterocycles. The zero-order valence-corrected chi connectivity index (χ0v) is 9.98. The van der Waals surface area contributed by atoms with Gasteiger partial charge in [0.25, 0.3) is 0 Å². The van der Waals surface area contributed by atoms with Gasteiger partial charge in [-0.15, -0.1) is 0 Å². The number of halogens is 3. The molecule has 2 atom stereocenters. The van der Waals surface area contributed by atoms with E-state index >= 15 is 0 Å². The van der Waals surface area contributed by atoms with Crippen molar-refractivity contribution in [3.63, 3.8) is 0 Å². The van der Waals surface area contributed by atoms with Gasteiger partial charge in [0.1, 0.15) is 0 Å². The first-order chi connectivity index (χ1) is 7.42. The molecule has 2 unspecified atom stereocenters. The van der Waals surface area contributed by atoms with Gasteiger partial charge in [-0.2, -0.15) is 13.2 Å². The van der Waals surface area contributed by atoms with Crippen LogP contribution in [0, 0.1) is 5.92 Å². The van der Waals surface area contributed by atoms with Crippen molar-refractivity contribution in [3.8, 4) is 0 Å². The van der Waals surface area contributed by atoms with Crippen molar-refractivity contribution < 1.29 is 13.2 Å². The lowest BCUT2D eigenvalue weighted by atomic mass is 9.97. The summed E-state index contributed by atoms with van der Waals surface area (Å²) >= 11 is 0. The monoisotopic (exact) mass is 238 g/mol. The van der Waals surface area contributed by atoms with Gasteiger partial charge in [0.05, 0.1) is 6.42 Å². The van der Waals surface area contributed by atoms with Crippen LogP contribution in [0.5, 0.6) is 0 Å². The molecule has 0 radical (unpaired) electrons. The van der Waals surface area contributed by atoms with Gasteiger partial charge in [-0.1, -0.05) is 20.3 Å². The van der Waals surface area contributed by atoms with Crippen molar-refractivity contribution >= 4 is 0 Å². The normalized spacial score (nSPS) is 25.7. The molecule has 0 aromatic heterocycles. The Morgan fingerprint density at radius 2 is 2.12 bits per heavy atom. The van der Waals surface area contributed by atoms with Gasteiger partial charge in [0.15, 0.2) is 0 Å². The average Bonchev–Trinajstić information content (AvgIpc) is 2.25. The summed E-state index contributed by atoms with van der Waals surface area (Å²) in [4.78, 5) is 1.92. The third-order valence-corrected chi connectivity index (χ3v) is 3.33. The third kappa shape index (κ3) is 4.70. The molecule has 1 saturated heterocycles. The average molecular weight is 238 g/mol. The van der Waals surface area contributed by atoms with Crippen LogP contribution >= 0.6 is 0 Å². The highest BCUT2D eigenvalue weighted by molar-refractivity contribution is 4.82. The largest absolute Gasteiger partial charge is 0.390 e. The summed E-state index contributed by atoms with van der Waals surface area (Å²) in [7, 11) is 0. The van der Waals surface area contributed by atoms with Crippen molar-refractivity contribution in [2.75, 3.05) is 26.2 Å². The molecular weight excluding hydrogens is 217 g/mol. The van der Waals surface area contributed by atoms with E-state index in [4.69, 9.17) is 0 Å². The highest BCUT2D eigenvalue weighted by Crippen LogP contribution is 2.20. The molecule has 0 amide bonds. The molecule has 5 heteroatoms. The lowest BCUT2D eigenvalue weighted by molar-refractivity contribution is -0.138. The first-order valence-electron chi connectivity index (χ1n) is 5.95. The summed E-state index contributed by atoms with van der Waals surface area (Å²) < 4.78 is 36.3. The molecule has 2 nitrogen and oxygen atoms in total. The fourth-order valence-corrected chi connectivity index (χ4v) is 2.00. The zero-order chi connectivity index (χ0) is 12.2. The maximum absolute atomic E-state index is 12.1. The van der Waals surface area contributed by atoms with Crippen molar-refractivity contribution in [3.05, 3.63) is 0 Å². The second kappa shape index (κ2) is 5.87. The SMILES string of the molecule is CCC(C)C1CN(CCC(F)(F)F)CCN1. The molecule has 1 N–H and O–H groups in total. The van der Waals surface area contributed by atoms with E-state index < -0.39 is 12.6 Å². The molecule has 0 aromatic carbocycles. The summed E-state index contributed by atoms with van der Waals surface area (Å²) in [6, 6.07) is 0.340. The van der Waals surface area contributed by atoms with E-state index in [1.807, 2.05) is 4.90 Å². The van der Waals surface area contributed by atoms with Crippen LogP contribution in [0.3, 0.4) is 0 Å². The Morgan fingerprint density at radius 3 is 2.69 bits per heavy atom. The van der Waals surface area contributed by atoms with Crippen LogP contribution in [0.25, 0.3) is 0 Å². The molecule has 1 fully saturated rings. The number of hydrogen-bond donors (Lipinski definition) is 1. The van der Waals surface area contributed by atoms with Crippen molar-refractivity contribution in [1.82, 2.24) is 10.2 Å². The summed E-state index contributed by atoms with van der Waals surface area (Å²) in [6.45, 7) is 6.66. The van der Waals surface area contributed by atoms with Gasteiger partial charge < -0.3 is 10.2 Å². The molecule has 0 bridgehead atoms. The highest BCUT2D eigenvalue weighted by atomic mass is 19.4. The molecule has 96 valence electrons. The van der Waals surface area contributed by atoms with E-state index in [1.54, 1.807) is 0 Å². The number of alkyl halides is 3. The lowest BCUT2D eigenvalue weighted by Crippen LogP contribution is -2.53. The van der Waals surface area contributed by atoms with Crippen LogP contribution in [0.1, 0.15) is 26.7 Å². The Labute approximate surface area is 95.2 Å². The minimum Gasteiger partial charge on any atom is -0.311 e. The maximum atomic E-state index is 12.1. The van der Waals surface area contributed by atoms with E-state index in [0.29, 0.717) is 12.0 Å². The molecule has 16 heavy (non-hydrogen) atoms. The quantitative estimate of drug-likeness (QED) is 0.808. The van der Waals surface area contributed by atoms with Crippen LogP contribution in [0.2, 0.25) is 0 Å². The first-order valence-corrected chi connectivity index (χ1v) is 5.95.